The summed E-state index contributed by atoms with van der Waals surface area (Å²) >= 11 is 0. The summed E-state index contributed by atoms with van der Waals surface area (Å²) in [6, 6.07) is 15.1. The second-order valence-corrected chi connectivity index (χ2v) is 5.81. The number of hydrogen-bond donors (Lipinski definition) is 2. The van der Waals surface area contributed by atoms with Gasteiger partial charge in [0.1, 0.15) is 11.5 Å². The highest BCUT2D eigenvalue weighted by Gasteiger charge is 2.12. The van der Waals surface area contributed by atoms with Crippen molar-refractivity contribution in [3.05, 3.63) is 77.4 Å². The van der Waals surface area contributed by atoms with Crippen molar-refractivity contribution in [1.29, 1.82) is 0 Å². The van der Waals surface area contributed by atoms with E-state index < -0.39 is 0 Å². The number of amides is 1. The average molecular weight is 350 g/mol. The van der Waals surface area contributed by atoms with Gasteiger partial charge in [-0.3, -0.25) is 4.79 Å². The van der Waals surface area contributed by atoms with Crippen LogP contribution in [0.2, 0.25) is 0 Å². The second kappa shape index (κ2) is 7.74. The van der Waals surface area contributed by atoms with E-state index in [1.807, 2.05) is 31.2 Å². The zero-order valence-corrected chi connectivity index (χ0v) is 14.6. The number of aryl methyl sites for hydroxylation is 2. The number of nitrogens with one attached hydrogen (secondary N) is 2. The highest BCUT2D eigenvalue weighted by Crippen LogP contribution is 2.18. The number of anilines is 3. The van der Waals surface area contributed by atoms with Gasteiger partial charge in [-0.2, -0.15) is 0 Å². The number of benzene rings is 2. The molecule has 5 nitrogen and oxygen atoms in total. The van der Waals surface area contributed by atoms with Crippen molar-refractivity contribution in [3.8, 4) is 0 Å². The molecule has 1 heterocycles. The molecule has 0 aliphatic carbocycles. The molecule has 3 aromatic rings. The monoisotopic (exact) mass is 350 g/mol. The molecule has 1 aromatic heterocycles. The van der Waals surface area contributed by atoms with Crippen LogP contribution < -0.4 is 10.6 Å². The van der Waals surface area contributed by atoms with Gasteiger partial charge in [0.05, 0.1) is 0 Å². The molecule has 0 aliphatic rings. The van der Waals surface area contributed by atoms with Crippen LogP contribution in [0.4, 0.5) is 21.7 Å². The maximum atomic E-state index is 13.0. The fourth-order valence-corrected chi connectivity index (χ4v) is 2.54. The van der Waals surface area contributed by atoms with E-state index in [9.17, 15) is 9.18 Å². The van der Waals surface area contributed by atoms with Gasteiger partial charge in [0, 0.05) is 17.1 Å². The Hall–Kier alpha value is -3.28. The maximum absolute atomic E-state index is 13.0. The topological polar surface area (TPSA) is 66.9 Å². The van der Waals surface area contributed by atoms with E-state index in [4.69, 9.17) is 0 Å². The lowest BCUT2D eigenvalue weighted by atomic mass is 10.1. The van der Waals surface area contributed by atoms with Crippen LogP contribution in [0.3, 0.4) is 0 Å². The standard InChI is InChI=1S/C20H19FN4O/c1-3-14-6-4-5-7-17(14)24-19(26)18-12-13(2)22-20(25-18)23-16-10-8-15(21)9-11-16/h4-12H,3H2,1-2H3,(H,24,26)(H,22,23,25). The van der Waals surface area contributed by atoms with Gasteiger partial charge in [-0.05, 0) is 55.3 Å². The number of carbonyl (C=O) groups is 1. The highest BCUT2D eigenvalue weighted by atomic mass is 19.1. The zero-order valence-electron chi connectivity index (χ0n) is 14.6. The van der Waals surface area contributed by atoms with Gasteiger partial charge in [-0.15, -0.1) is 0 Å². The van der Waals surface area contributed by atoms with Crippen LogP contribution in [0.25, 0.3) is 0 Å². The smallest absolute Gasteiger partial charge is 0.274 e. The molecule has 0 aliphatic heterocycles. The molecule has 1 amide bonds. The Morgan fingerprint density at radius 3 is 2.54 bits per heavy atom. The first-order valence-electron chi connectivity index (χ1n) is 8.32. The van der Waals surface area contributed by atoms with Gasteiger partial charge in [-0.25, -0.2) is 14.4 Å². The summed E-state index contributed by atoms with van der Waals surface area (Å²) in [6.07, 6.45) is 0.816. The molecule has 2 aromatic carbocycles. The van der Waals surface area contributed by atoms with Gasteiger partial charge in [0.15, 0.2) is 0 Å². The first kappa shape index (κ1) is 17.5. The summed E-state index contributed by atoms with van der Waals surface area (Å²) in [5, 5.41) is 5.88. The van der Waals surface area contributed by atoms with E-state index in [0.29, 0.717) is 11.4 Å². The predicted octanol–water partition coefficient (Wildman–Crippen LogP) is 4.48. The number of nitrogens with zero attached hydrogens (tertiary/aromatic N) is 2. The van der Waals surface area contributed by atoms with E-state index >= 15 is 0 Å². The van der Waals surface area contributed by atoms with Gasteiger partial charge >= 0.3 is 0 Å². The molecule has 0 atom stereocenters. The average Bonchev–Trinajstić information content (AvgIpc) is 2.63. The van der Waals surface area contributed by atoms with Crippen molar-refractivity contribution in [3.63, 3.8) is 0 Å². The van der Waals surface area contributed by atoms with Crippen LogP contribution in [0.1, 0.15) is 28.7 Å². The molecule has 2 N–H and O–H groups in total. The number of carbonyl (C=O) groups excluding carboxylic acids is 1. The molecule has 0 saturated carbocycles. The third-order valence-electron chi connectivity index (χ3n) is 3.83. The predicted molar refractivity (Wildman–Crippen MR) is 100 cm³/mol. The summed E-state index contributed by atoms with van der Waals surface area (Å²) in [5.74, 6) is -0.348. The van der Waals surface area contributed by atoms with Crippen LogP contribution in [-0.2, 0) is 6.42 Å². The van der Waals surface area contributed by atoms with E-state index in [0.717, 1.165) is 17.7 Å². The third-order valence-corrected chi connectivity index (χ3v) is 3.83. The summed E-state index contributed by atoms with van der Waals surface area (Å²) in [6.45, 7) is 3.82. The minimum atomic E-state index is -0.324. The minimum Gasteiger partial charge on any atom is -0.324 e. The van der Waals surface area contributed by atoms with E-state index in [-0.39, 0.29) is 23.4 Å². The second-order valence-electron chi connectivity index (χ2n) is 5.81. The van der Waals surface area contributed by atoms with Crippen LogP contribution in [-0.4, -0.2) is 15.9 Å². The van der Waals surface area contributed by atoms with Gasteiger partial charge in [-0.1, -0.05) is 25.1 Å². The number of aromatic nitrogens is 2. The number of para-hydroxylation sites is 1. The molecule has 3 rings (SSSR count). The lowest BCUT2D eigenvalue weighted by molar-refractivity contribution is 0.102. The summed E-state index contributed by atoms with van der Waals surface area (Å²) in [4.78, 5) is 21.2. The molecule has 132 valence electrons. The number of rotatable bonds is 5. The van der Waals surface area contributed by atoms with Crippen molar-refractivity contribution in [1.82, 2.24) is 9.97 Å². The lowest BCUT2D eigenvalue weighted by Gasteiger charge is -2.11. The Kier molecular flexibility index (Phi) is 5.22. The quantitative estimate of drug-likeness (QED) is 0.712. The Morgan fingerprint density at radius 2 is 1.81 bits per heavy atom. The van der Waals surface area contributed by atoms with Crippen LogP contribution in [0, 0.1) is 12.7 Å². The van der Waals surface area contributed by atoms with Crippen molar-refractivity contribution in [2.45, 2.75) is 20.3 Å². The maximum Gasteiger partial charge on any atom is 0.274 e. The molecular formula is C20H19FN4O. The zero-order chi connectivity index (χ0) is 18.5. The Labute approximate surface area is 151 Å². The van der Waals surface area contributed by atoms with E-state index in [2.05, 4.69) is 20.6 Å². The van der Waals surface area contributed by atoms with Crippen LogP contribution in [0.5, 0.6) is 0 Å². The fraction of sp³-hybridized carbons (Fsp3) is 0.150. The van der Waals surface area contributed by atoms with Crippen LogP contribution in [0.15, 0.2) is 54.6 Å². The molecule has 0 radical (unpaired) electrons. The molecular weight excluding hydrogens is 331 g/mol. The van der Waals surface area contributed by atoms with Gasteiger partial charge < -0.3 is 10.6 Å². The summed E-state index contributed by atoms with van der Waals surface area (Å²) in [5.41, 5.74) is 3.37. The van der Waals surface area contributed by atoms with Crippen molar-refractivity contribution >= 4 is 23.2 Å². The highest BCUT2D eigenvalue weighted by molar-refractivity contribution is 6.03. The van der Waals surface area contributed by atoms with E-state index in [1.54, 1.807) is 25.1 Å². The molecule has 0 bridgehead atoms. The lowest BCUT2D eigenvalue weighted by Crippen LogP contribution is -2.16. The number of hydrogen-bond acceptors (Lipinski definition) is 4. The third kappa shape index (κ3) is 4.22. The molecule has 0 unspecified atom stereocenters. The first-order valence-corrected chi connectivity index (χ1v) is 8.32. The van der Waals surface area contributed by atoms with Gasteiger partial charge in [0.2, 0.25) is 5.95 Å². The summed E-state index contributed by atoms with van der Waals surface area (Å²) in [7, 11) is 0. The molecule has 0 saturated heterocycles. The molecule has 0 spiro atoms. The molecule has 0 fully saturated rings. The SMILES string of the molecule is CCc1ccccc1NC(=O)c1cc(C)nc(Nc2ccc(F)cc2)n1. The normalized spacial score (nSPS) is 10.4. The first-order chi connectivity index (χ1) is 12.5. The van der Waals surface area contributed by atoms with Crippen molar-refractivity contribution in [2.75, 3.05) is 10.6 Å². The number of halogens is 1. The largest absolute Gasteiger partial charge is 0.324 e. The Bertz CT molecular complexity index is 925. The van der Waals surface area contributed by atoms with E-state index in [1.165, 1.54) is 12.1 Å². The van der Waals surface area contributed by atoms with Crippen molar-refractivity contribution in [2.24, 2.45) is 0 Å². The van der Waals surface area contributed by atoms with Gasteiger partial charge in [0.25, 0.3) is 5.91 Å². The Morgan fingerprint density at radius 1 is 1.08 bits per heavy atom. The summed E-state index contributed by atoms with van der Waals surface area (Å²) < 4.78 is 13.0. The van der Waals surface area contributed by atoms with Crippen molar-refractivity contribution < 1.29 is 9.18 Å². The Balaban J connectivity index is 1.82. The fourth-order valence-electron chi connectivity index (χ4n) is 2.54. The van der Waals surface area contributed by atoms with Crippen LogP contribution >= 0.6 is 0 Å². The molecule has 26 heavy (non-hydrogen) atoms. The minimum absolute atomic E-state index is 0.257. The molecule has 6 heteroatoms.